The molecule has 2 N–H and O–H groups in total. The first-order chi connectivity index (χ1) is 6.91. The summed E-state index contributed by atoms with van der Waals surface area (Å²) in [5, 5.41) is 13.6. The highest BCUT2D eigenvalue weighted by Gasteiger charge is 2.25. The zero-order valence-electron chi connectivity index (χ0n) is 9.23. The van der Waals surface area contributed by atoms with Crippen molar-refractivity contribution in [3.8, 4) is 0 Å². The average molecular weight is 233 g/mol. The van der Waals surface area contributed by atoms with Crippen molar-refractivity contribution in [2.45, 2.75) is 26.3 Å². The van der Waals surface area contributed by atoms with Crippen LogP contribution in [0.1, 0.15) is 20.3 Å². The molecule has 0 spiro atoms. The van der Waals surface area contributed by atoms with Gasteiger partial charge in [0.15, 0.2) is 9.84 Å². The predicted octanol–water partition coefficient (Wildman–Crippen LogP) is 0.295. The summed E-state index contributed by atoms with van der Waals surface area (Å²) in [6.07, 6.45) is 2.53. The van der Waals surface area contributed by atoms with Crippen LogP contribution in [0.4, 0.5) is 0 Å². The Morgan fingerprint density at radius 3 is 2.67 bits per heavy atom. The van der Waals surface area contributed by atoms with Crippen LogP contribution < -0.4 is 5.32 Å². The molecule has 2 unspecified atom stereocenters. The molecule has 4 nitrogen and oxygen atoms in total. The van der Waals surface area contributed by atoms with Gasteiger partial charge in [0.05, 0.1) is 5.75 Å². The first-order valence-electron chi connectivity index (χ1n) is 5.16. The van der Waals surface area contributed by atoms with Gasteiger partial charge in [-0.2, -0.15) is 0 Å². The Hall–Kier alpha value is -0.390. The summed E-state index contributed by atoms with van der Waals surface area (Å²) < 4.78 is 22.3. The Balaban J connectivity index is 2.43. The summed E-state index contributed by atoms with van der Waals surface area (Å²) in [4.78, 5) is 0. The highest BCUT2D eigenvalue weighted by molar-refractivity contribution is 7.94. The minimum atomic E-state index is -2.98. The predicted molar refractivity (Wildman–Crippen MR) is 60.2 cm³/mol. The zero-order valence-corrected chi connectivity index (χ0v) is 10.0. The van der Waals surface area contributed by atoms with Crippen LogP contribution in [0.25, 0.3) is 0 Å². The molecule has 1 aliphatic heterocycles. The van der Waals surface area contributed by atoms with Crippen molar-refractivity contribution in [3.05, 3.63) is 11.5 Å². The lowest BCUT2D eigenvalue weighted by Crippen LogP contribution is -2.40. The topological polar surface area (TPSA) is 66.4 Å². The summed E-state index contributed by atoms with van der Waals surface area (Å²) in [5.74, 6) is 0.137. The molecule has 0 aliphatic carbocycles. The third-order valence-electron chi connectivity index (χ3n) is 2.96. The van der Waals surface area contributed by atoms with Crippen molar-refractivity contribution < 1.29 is 13.5 Å². The van der Waals surface area contributed by atoms with E-state index in [0.717, 1.165) is 6.42 Å². The second-order valence-corrected chi connectivity index (χ2v) is 6.40. The van der Waals surface area contributed by atoms with E-state index >= 15 is 0 Å². The van der Waals surface area contributed by atoms with Crippen LogP contribution in [0.15, 0.2) is 11.5 Å². The number of aliphatic hydroxyl groups is 1. The molecule has 1 heterocycles. The first kappa shape index (κ1) is 12.7. The number of sulfone groups is 1. The molecule has 0 bridgehead atoms. The molecular formula is C10H19NO3S. The van der Waals surface area contributed by atoms with Gasteiger partial charge in [0, 0.05) is 30.0 Å². The number of nitrogens with one attached hydrogen (secondary N) is 1. The molecule has 5 heteroatoms. The second kappa shape index (κ2) is 4.63. The monoisotopic (exact) mass is 233 g/mol. The maximum absolute atomic E-state index is 11.1. The molecule has 2 atom stereocenters. The third kappa shape index (κ3) is 3.59. The maximum Gasteiger partial charge on any atom is 0.173 e. The van der Waals surface area contributed by atoms with Crippen molar-refractivity contribution in [1.29, 1.82) is 0 Å². The van der Waals surface area contributed by atoms with E-state index in [1.54, 1.807) is 6.08 Å². The lowest BCUT2D eigenvalue weighted by molar-refractivity contribution is 0.134. The van der Waals surface area contributed by atoms with Gasteiger partial charge in [-0.15, -0.1) is 0 Å². The van der Waals surface area contributed by atoms with E-state index in [9.17, 15) is 13.5 Å². The standard InChI is InChI=1S/C10H19NO3S/c1-3-10(2,8-12)7-11-9-4-5-15(13,14)6-9/h4-5,9,11-12H,3,6-8H2,1-2H3. The number of hydrogen-bond acceptors (Lipinski definition) is 4. The molecule has 0 aromatic rings. The van der Waals surface area contributed by atoms with Crippen molar-refractivity contribution in [2.75, 3.05) is 18.9 Å². The van der Waals surface area contributed by atoms with Crippen LogP contribution in [0.5, 0.6) is 0 Å². The summed E-state index contributed by atoms with van der Waals surface area (Å²) in [7, 11) is -2.98. The molecule has 88 valence electrons. The SMILES string of the molecule is CCC(C)(CO)CNC1C=CS(=O)(=O)C1. The van der Waals surface area contributed by atoms with Gasteiger partial charge in [0.1, 0.15) is 0 Å². The molecule has 0 fully saturated rings. The first-order valence-corrected chi connectivity index (χ1v) is 6.87. The number of aliphatic hydroxyl groups excluding tert-OH is 1. The third-order valence-corrected chi connectivity index (χ3v) is 4.35. The lowest BCUT2D eigenvalue weighted by Gasteiger charge is -2.27. The van der Waals surface area contributed by atoms with Crippen LogP contribution in [0.3, 0.4) is 0 Å². The Labute approximate surface area is 91.3 Å². The molecule has 0 saturated carbocycles. The molecular weight excluding hydrogens is 214 g/mol. The summed E-state index contributed by atoms with van der Waals surface area (Å²) in [5.41, 5.74) is -0.166. The van der Waals surface area contributed by atoms with Gasteiger partial charge in [-0.25, -0.2) is 8.42 Å². The van der Waals surface area contributed by atoms with Gasteiger partial charge in [0.2, 0.25) is 0 Å². The molecule has 0 amide bonds. The van der Waals surface area contributed by atoms with Gasteiger partial charge in [-0.3, -0.25) is 0 Å². The molecule has 0 saturated heterocycles. The van der Waals surface area contributed by atoms with Crippen LogP contribution in [-0.2, 0) is 9.84 Å². The molecule has 1 rings (SSSR count). The van der Waals surface area contributed by atoms with Crippen LogP contribution in [0, 0.1) is 5.41 Å². The summed E-state index contributed by atoms with van der Waals surface area (Å²) in [6, 6.07) is -0.104. The Morgan fingerprint density at radius 1 is 1.60 bits per heavy atom. The smallest absolute Gasteiger partial charge is 0.173 e. The molecule has 15 heavy (non-hydrogen) atoms. The molecule has 0 aromatic heterocycles. The van der Waals surface area contributed by atoms with Gasteiger partial charge in [0.25, 0.3) is 0 Å². The van der Waals surface area contributed by atoms with Crippen molar-refractivity contribution >= 4 is 9.84 Å². The average Bonchev–Trinajstić information content (AvgIpc) is 2.55. The van der Waals surface area contributed by atoms with Gasteiger partial charge in [-0.1, -0.05) is 19.9 Å². The van der Waals surface area contributed by atoms with E-state index in [4.69, 9.17) is 0 Å². The van der Waals surface area contributed by atoms with E-state index in [0.29, 0.717) is 6.54 Å². The van der Waals surface area contributed by atoms with E-state index in [1.165, 1.54) is 5.41 Å². The van der Waals surface area contributed by atoms with E-state index < -0.39 is 9.84 Å². The van der Waals surface area contributed by atoms with Gasteiger partial charge < -0.3 is 10.4 Å². The van der Waals surface area contributed by atoms with E-state index in [1.807, 2.05) is 13.8 Å². The van der Waals surface area contributed by atoms with Gasteiger partial charge in [-0.05, 0) is 6.42 Å². The highest BCUT2D eigenvalue weighted by Crippen LogP contribution is 2.19. The minimum Gasteiger partial charge on any atom is -0.396 e. The highest BCUT2D eigenvalue weighted by atomic mass is 32.2. The normalized spacial score (nSPS) is 27.8. The van der Waals surface area contributed by atoms with Crippen LogP contribution in [-0.4, -0.2) is 38.5 Å². The summed E-state index contributed by atoms with van der Waals surface area (Å²) >= 11 is 0. The second-order valence-electron chi connectivity index (χ2n) is 4.47. The number of rotatable bonds is 5. The fourth-order valence-electron chi connectivity index (χ4n) is 1.37. The lowest BCUT2D eigenvalue weighted by atomic mass is 9.88. The number of hydrogen-bond donors (Lipinski definition) is 2. The quantitative estimate of drug-likeness (QED) is 0.716. The largest absolute Gasteiger partial charge is 0.396 e. The summed E-state index contributed by atoms with van der Waals surface area (Å²) in [6.45, 7) is 4.73. The van der Waals surface area contributed by atoms with Crippen LogP contribution >= 0.6 is 0 Å². The molecule has 0 radical (unpaired) electrons. The molecule has 1 aliphatic rings. The van der Waals surface area contributed by atoms with Crippen molar-refractivity contribution in [3.63, 3.8) is 0 Å². The van der Waals surface area contributed by atoms with E-state index in [-0.39, 0.29) is 23.8 Å². The van der Waals surface area contributed by atoms with Gasteiger partial charge >= 0.3 is 0 Å². The maximum atomic E-state index is 11.1. The van der Waals surface area contributed by atoms with Crippen molar-refractivity contribution in [1.82, 2.24) is 5.32 Å². The fourth-order valence-corrected chi connectivity index (χ4v) is 2.64. The van der Waals surface area contributed by atoms with Crippen LogP contribution in [0.2, 0.25) is 0 Å². The van der Waals surface area contributed by atoms with E-state index in [2.05, 4.69) is 5.32 Å². The Morgan fingerprint density at radius 2 is 2.27 bits per heavy atom. The fraction of sp³-hybridized carbons (Fsp3) is 0.800. The minimum absolute atomic E-state index is 0.104. The Bertz CT molecular complexity index is 331. The zero-order chi connectivity index (χ0) is 11.5. The Kier molecular flexibility index (Phi) is 3.92. The van der Waals surface area contributed by atoms with Crippen molar-refractivity contribution in [2.24, 2.45) is 5.41 Å². The molecule has 0 aromatic carbocycles.